The summed E-state index contributed by atoms with van der Waals surface area (Å²) >= 11 is 0. The first kappa shape index (κ1) is 19.9. The van der Waals surface area contributed by atoms with Gasteiger partial charge in [-0.25, -0.2) is 0 Å². The van der Waals surface area contributed by atoms with Crippen LogP contribution in [-0.2, 0) is 6.54 Å². The van der Waals surface area contributed by atoms with E-state index in [4.69, 9.17) is 9.47 Å². The van der Waals surface area contributed by atoms with Crippen LogP contribution in [0.15, 0.2) is 72.8 Å². The number of hydrogen-bond donors (Lipinski definition) is 2. The van der Waals surface area contributed by atoms with Crippen LogP contribution in [-0.4, -0.2) is 26.0 Å². The minimum absolute atomic E-state index is 0.261. The van der Waals surface area contributed by atoms with Crippen LogP contribution < -0.4 is 20.1 Å². The van der Waals surface area contributed by atoms with Crippen molar-refractivity contribution in [1.82, 2.24) is 5.32 Å². The van der Waals surface area contributed by atoms with E-state index >= 15 is 0 Å². The molecule has 6 heteroatoms. The molecule has 0 saturated carbocycles. The van der Waals surface area contributed by atoms with Gasteiger partial charge in [-0.3, -0.25) is 9.59 Å². The van der Waals surface area contributed by atoms with E-state index in [0.29, 0.717) is 29.3 Å². The molecule has 0 aliphatic carbocycles. The second-order valence-corrected chi connectivity index (χ2v) is 6.21. The molecule has 2 amide bonds. The Bertz CT molecular complexity index is 981. The lowest BCUT2D eigenvalue weighted by molar-refractivity contribution is 0.0952. The molecule has 3 rings (SSSR count). The summed E-state index contributed by atoms with van der Waals surface area (Å²) in [6.07, 6.45) is 0. The quantitative estimate of drug-likeness (QED) is 0.642. The van der Waals surface area contributed by atoms with Gasteiger partial charge in [0.25, 0.3) is 11.8 Å². The molecule has 0 heterocycles. The number of rotatable bonds is 7. The van der Waals surface area contributed by atoms with E-state index in [1.165, 1.54) is 14.2 Å². The molecule has 0 saturated heterocycles. The van der Waals surface area contributed by atoms with Gasteiger partial charge >= 0.3 is 0 Å². The Labute approximate surface area is 169 Å². The van der Waals surface area contributed by atoms with Crippen molar-refractivity contribution in [2.24, 2.45) is 0 Å². The van der Waals surface area contributed by atoms with Crippen molar-refractivity contribution < 1.29 is 19.1 Å². The van der Waals surface area contributed by atoms with Crippen molar-refractivity contribution in [2.45, 2.75) is 6.54 Å². The molecule has 6 nitrogen and oxygen atoms in total. The van der Waals surface area contributed by atoms with E-state index in [-0.39, 0.29) is 11.5 Å². The second-order valence-electron chi connectivity index (χ2n) is 6.21. The van der Waals surface area contributed by atoms with Gasteiger partial charge in [0.2, 0.25) is 0 Å². The normalized spacial score (nSPS) is 10.1. The van der Waals surface area contributed by atoms with Crippen LogP contribution in [0, 0.1) is 0 Å². The standard InChI is InChI=1S/C23H22N2O4/c1-28-19-13-8-14-20(29-2)21(19)23(27)25-18-12-7-6-11-17(18)22(26)24-15-16-9-4-3-5-10-16/h3-14H,15H2,1-2H3,(H,24,26)(H,25,27). The number of nitrogens with one attached hydrogen (secondary N) is 2. The number of benzene rings is 3. The molecular formula is C23H22N2O4. The highest BCUT2D eigenvalue weighted by atomic mass is 16.5. The third-order valence-electron chi connectivity index (χ3n) is 4.37. The molecule has 0 fully saturated rings. The number of ether oxygens (including phenoxy) is 2. The van der Waals surface area contributed by atoms with Crippen molar-refractivity contribution in [2.75, 3.05) is 19.5 Å². The maximum Gasteiger partial charge on any atom is 0.263 e. The van der Waals surface area contributed by atoms with E-state index in [0.717, 1.165) is 5.56 Å². The van der Waals surface area contributed by atoms with Crippen LogP contribution in [0.5, 0.6) is 11.5 Å². The molecule has 0 aromatic heterocycles. The topological polar surface area (TPSA) is 76.7 Å². The largest absolute Gasteiger partial charge is 0.496 e. The van der Waals surface area contributed by atoms with Crippen molar-refractivity contribution in [3.05, 3.63) is 89.5 Å². The molecular weight excluding hydrogens is 368 g/mol. The van der Waals surface area contributed by atoms with Crippen molar-refractivity contribution in [3.8, 4) is 11.5 Å². The second kappa shape index (κ2) is 9.41. The van der Waals surface area contributed by atoms with Gasteiger partial charge in [-0.1, -0.05) is 48.5 Å². The average molecular weight is 390 g/mol. The highest BCUT2D eigenvalue weighted by Crippen LogP contribution is 2.29. The lowest BCUT2D eigenvalue weighted by atomic mass is 10.1. The van der Waals surface area contributed by atoms with Crippen LogP contribution >= 0.6 is 0 Å². The summed E-state index contributed by atoms with van der Waals surface area (Å²) in [4.78, 5) is 25.6. The Morgan fingerprint density at radius 3 is 2.03 bits per heavy atom. The van der Waals surface area contributed by atoms with E-state index in [1.54, 1.807) is 42.5 Å². The van der Waals surface area contributed by atoms with E-state index in [9.17, 15) is 9.59 Å². The van der Waals surface area contributed by atoms with Crippen LogP contribution in [0.4, 0.5) is 5.69 Å². The molecule has 0 spiro atoms. The van der Waals surface area contributed by atoms with Gasteiger partial charge < -0.3 is 20.1 Å². The lowest BCUT2D eigenvalue weighted by Crippen LogP contribution is -2.25. The van der Waals surface area contributed by atoms with E-state index in [2.05, 4.69) is 10.6 Å². The van der Waals surface area contributed by atoms with Crippen molar-refractivity contribution in [3.63, 3.8) is 0 Å². The average Bonchev–Trinajstić information content (AvgIpc) is 2.77. The summed E-state index contributed by atoms with van der Waals surface area (Å²) in [5, 5.41) is 5.67. The minimum Gasteiger partial charge on any atom is -0.496 e. The number of anilines is 1. The molecule has 3 aromatic rings. The Balaban J connectivity index is 1.81. The fraction of sp³-hybridized carbons (Fsp3) is 0.130. The maximum absolute atomic E-state index is 12.9. The zero-order valence-corrected chi connectivity index (χ0v) is 16.3. The Morgan fingerprint density at radius 1 is 0.759 bits per heavy atom. The third kappa shape index (κ3) is 4.73. The van der Waals surface area contributed by atoms with Gasteiger partial charge in [0, 0.05) is 6.54 Å². The summed E-state index contributed by atoms with van der Waals surface area (Å²) < 4.78 is 10.6. The van der Waals surface area contributed by atoms with Gasteiger partial charge in [0.05, 0.1) is 25.5 Å². The number of hydrogen-bond acceptors (Lipinski definition) is 4. The number of carbonyl (C=O) groups excluding carboxylic acids is 2. The Kier molecular flexibility index (Phi) is 6.47. The van der Waals surface area contributed by atoms with Gasteiger partial charge in [0.15, 0.2) is 0 Å². The van der Waals surface area contributed by atoms with Gasteiger partial charge in [-0.05, 0) is 29.8 Å². The molecule has 0 radical (unpaired) electrons. The molecule has 0 bridgehead atoms. The lowest BCUT2D eigenvalue weighted by Gasteiger charge is -2.15. The summed E-state index contributed by atoms with van der Waals surface area (Å²) in [6.45, 7) is 0.391. The Hall–Kier alpha value is -3.80. The predicted molar refractivity (Wildman–Crippen MR) is 112 cm³/mol. The highest BCUT2D eigenvalue weighted by molar-refractivity contribution is 6.11. The summed E-state index contributed by atoms with van der Waals surface area (Å²) in [5.74, 6) is 0.0556. The first-order valence-corrected chi connectivity index (χ1v) is 9.07. The smallest absolute Gasteiger partial charge is 0.263 e. The molecule has 0 aliphatic heterocycles. The molecule has 0 unspecified atom stereocenters. The van der Waals surface area contributed by atoms with Crippen molar-refractivity contribution in [1.29, 1.82) is 0 Å². The molecule has 0 aliphatic rings. The summed E-state index contributed by atoms with van der Waals surface area (Å²) in [5.41, 5.74) is 2.01. The molecule has 3 aromatic carbocycles. The number of methoxy groups -OCH3 is 2. The Morgan fingerprint density at radius 2 is 1.38 bits per heavy atom. The van der Waals surface area contributed by atoms with Crippen LogP contribution in [0.25, 0.3) is 0 Å². The van der Waals surface area contributed by atoms with E-state index in [1.807, 2.05) is 30.3 Å². The fourth-order valence-electron chi connectivity index (χ4n) is 2.92. The van der Waals surface area contributed by atoms with Crippen LogP contribution in [0.1, 0.15) is 26.3 Å². The van der Waals surface area contributed by atoms with Crippen LogP contribution in [0.3, 0.4) is 0 Å². The van der Waals surface area contributed by atoms with Crippen molar-refractivity contribution >= 4 is 17.5 Å². The monoisotopic (exact) mass is 390 g/mol. The molecule has 29 heavy (non-hydrogen) atoms. The molecule has 0 atom stereocenters. The number of amides is 2. The van der Waals surface area contributed by atoms with Gasteiger partial charge in [-0.15, -0.1) is 0 Å². The highest BCUT2D eigenvalue weighted by Gasteiger charge is 2.20. The maximum atomic E-state index is 12.9. The number of carbonyl (C=O) groups is 2. The van der Waals surface area contributed by atoms with Gasteiger partial charge in [0.1, 0.15) is 17.1 Å². The van der Waals surface area contributed by atoms with E-state index < -0.39 is 5.91 Å². The third-order valence-corrected chi connectivity index (χ3v) is 4.37. The SMILES string of the molecule is COc1cccc(OC)c1C(=O)Nc1ccccc1C(=O)NCc1ccccc1. The zero-order chi connectivity index (χ0) is 20.6. The van der Waals surface area contributed by atoms with Gasteiger partial charge in [-0.2, -0.15) is 0 Å². The fourth-order valence-corrected chi connectivity index (χ4v) is 2.92. The molecule has 2 N–H and O–H groups in total. The summed E-state index contributed by atoms with van der Waals surface area (Å²) in [7, 11) is 2.97. The summed E-state index contributed by atoms with van der Waals surface area (Å²) in [6, 6.07) is 21.5. The molecule has 148 valence electrons. The zero-order valence-electron chi connectivity index (χ0n) is 16.3. The van der Waals surface area contributed by atoms with Crippen LogP contribution in [0.2, 0.25) is 0 Å². The number of para-hydroxylation sites is 1. The predicted octanol–water partition coefficient (Wildman–Crippen LogP) is 3.89. The minimum atomic E-state index is -0.428. The first-order valence-electron chi connectivity index (χ1n) is 9.07. The first-order chi connectivity index (χ1) is 14.1.